The summed E-state index contributed by atoms with van der Waals surface area (Å²) in [6.45, 7) is 4.10. The summed E-state index contributed by atoms with van der Waals surface area (Å²) in [5.74, 6) is -1.77. The third-order valence-electron chi connectivity index (χ3n) is 9.38. The van der Waals surface area contributed by atoms with Crippen LogP contribution in [0.2, 0.25) is 0 Å². The molecule has 4 aromatic heterocycles. The Morgan fingerprint density at radius 1 is 0.479 bits per heavy atom. The molecule has 9 rings (SSSR count). The molecule has 0 unspecified atom stereocenters. The minimum atomic E-state index is -0.443. The summed E-state index contributed by atoms with van der Waals surface area (Å²) in [6.07, 6.45) is 0. The highest BCUT2D eigenvalue weighted by Gasteiger charge is 2.46. The fraction of sp³-hybridized carbons (Fsp3) is 0.176. The number of rotatable bonds is 0. The number of nitrogens with zero attached hydrogens (tertiary/aromatic N) is 4. The van der Waals surface area contributed by atoms with E-state index in [1.54, 1.807) is 73.5 Å². The fourth-order valence-corrected chi connectivity index (χ4v) is 12.6. The van der Waals surface area contributed by atoms with Gasteiger partial charge in [0.15, 0.2) is 10.2 Å². The van der Waals surface area contributed by atoms with E-state index in [1.165, 1.54) is 19.6 Å². The van der Waals surface area contributed by atoms with Crippen molar-refractivity contribution >= 4 is 134 Å². The summed E-state index contributed by atoms with van der Waals surface area (Å²) in [6, 6.07) is 8.36. The number of thiocarbonyl (C=S) groups is 2. The molecule has 8 nitrogen and oxygen atoms in total. The molecular formula is C34H22N4O4S6. The lowest BCUT2D eigenvalue weighted by molar-refractivity contribution is -0.134. The number of fused-ring (bicyclic) bond motifs is 10. The number of thiophene rings is 4. The zero-order valence-electron chi connectivity index (χ0n) is 26.2. The van der Waals surface area contributed by atoms with Gasteiger partial charge in [-0.15, -0.1) is 45.3 Å². The van der Waals surface area contributed by atoms with Gasteiger partial charge in [-0.25, -0.2) is 0 Å². The molecule has 0 atom stereocenters. The second kappa shape index (κ2) is 9.83. The largest absolute Gasteiger partial charge is 0.288 e. The van der Waals surface area contributed by atoms with Crippen molar-refractivity contribution in [3.05, 3.63) is 67.4 Å². The molecule has 2 aliphatic heterocycles. The normalized spacial score (nSPS) is 17.7. The van der Waals surface area contributed by atoms with E-state index in [-0.39, 0.29) is 21.4 Å². The zero-order chi connectivity index (χ0) is 33.8. The van der Waals surface area contributed by atoms with Crippen molar-refractivity contribution in [2.45, 2.75) is 13.8 Å². The van der Waals surface area contributed by atoms with Crippen LogP contribution in [0.5, 0.6) is 0 Å². The number of amides is 4. The van der Waals surface area contributed by atoms with Crippen LogP contribution in [0, 0.1) is 13.8 Å². The van der Waals surface area contributed by atoms with Crippen LogP contribution in [0.25, 0.3) is 50.8 Å². The average Bonchev–Trinajstić information content (AvgIpc) is 3.87. The average molecular weight is 743 g/mol. The number of carbonyl (C=O) groups is 4. The van der Waals surface area contributed by atoms with Gasteiger partial charge in [0.2, 0.25) is 0 Å². The Morgan fingerprint density at radius 2 is 0.812 bits per heavy atom. The molecule has 4 amide bonds. The fourth-order valence-electron chi connectivity index (χ4n) is 7.10. The predicted octanol–water partition coefficient (Wildman–Crippen LogP) is 6.85. The molecule has 2 saturated heterocycles. The maximum Gasteiger partial charge on any atom is 0.266 e. The Kier molecular flexibility index (Phi) is 6.18. The first kappa shape index (κ1) is 30.2. The van der Waals surface area contributed by atoms with Crippen molar-refractivity contribution in [3.63, 3.8) is 0 Å². The van der Waals surface area contributed by atoms with Crippen molar-refractivity contribution in [2.24, 2.45) is 0 Å². The standard InChI is InChI=1S/C34H22N4O4S6/c1-11-7-17-27(45-11)21-19(23-29(39)35(3)33(43)36(4)30(23)40)13-9-16-14(10-15(13)25(21)47-17)20(22-26(16)48-18-8-12(2)46-28(18)22)24-31(41)37(5)34(44)38(6)32(24)42/h7-10H,1-6H3. The molecule has 48 heavy (non-hydrogen) atoms. The summed E-state index contributed by atoms with van der Waals surface area (Å²) in [7, 11) is 6.37. The van der Waals surface area contributed by atoms with Gasteiger partial charge in [0, 0.05) is 90.5 Å². The molecule has 0 saturated carbocycles. The molecule has 0 N–H and O–H groups in total. The number of hydrogen-bond donors (Lipinski definition) is 0. The molecule has 0 radical (unpaired) electrons. The minimum absolute atomic E-state index is 0.0771. The van der Waals surface area contributed by atoms with E-state index in [4.69, 9.17) is 24.4 Å². The lowest BCUT2D eigenvalue weighted by Gasteiger charge is -2.33. The first-order chi connectivity index (χ1) is 22.8. The van der Waals surface area contributed by atoms with Gasteiger partial charge in [0.05, 0.1) is 9.40 Å². The van der Waals surface area contributed by atoms with Crippen LogP contribution in [0.1, 0.15) is 32.0 Å². The van der Waals surface area contributed by atoms with Gasteiger partial charge in [-0.1, -0.05) is 0 Å². The Bertz CT molecular complexity index is 2350. The maximum absolute atomic E-state index is 14.0. The Labute approximate surface area is 300 Å². The van der Waals surface area contributed by atoms with E-state index >= 15 is 0 Å². The van der Waals surface area contributed by atoms with Gasteiger partial charge < -0.3 is 0 Å². The first-order valence-corrected chi connectivity index (χ1v) is 18.8. The Hall–Kier alpha value is -3.92. The number of aryl methyl sites for hydroxylation is 2. The second-order valence-corrected chi connectivity index (χ2v) is 17.5. The molecule has 2 fully saturated rings. The number of hydrogen-bond acceptors (Lipinski definition) is 10. The molecule has 0 spiro atoms. The van der Waals surface area contributed by atoms with Crippen molar-refractivity contribution < 1.29 is 19.2 Å². The van der Waals surface area contributed by atoms with Gasteiger partial charge in [0.1, 0.15) is 11.1 Å². The molecular weight excluding hydrogens is 721 g/mol. The number of likely N-dealkylation sites (N-methyl/N-ethyl adjacent to an activating group) is 4. The van der Waals surface area contributed by atoms with Gasteiger partial charge in [0.25, 0.3) is 23.6 Å². The Morgan fingerprint density at radius 3 is 1.15 bits per heavy atom. The summed E-state index contributed by atoms with van der Waals surface area (Å²) in [5, 5.41) is 0.297. The van der Waals surface area contributed by atoms with Crippen LogP contribution in [0.4, 0.5) is 0 Å². The van der Waals surface area contributed by atoms with Crippen molar-refractivity contribution in [3.8, 4) is 20.9 Å². The summed E-state index contributed by atoms with van der Waals surface area (Å²) in [4.78, 5) is 65.4. The third-order valence-corrected chi connectivity index (χ3v) is 15.2. The van der Waals surface area contributed by atoms with E-state index in [9.17, 15) is 19.2 Å². The van der Waals surface area contributed by atoms with E-state index in [0.29, 0.717) is 11.1 Å². The Balaban J connectivity index is 1.42. The molecule has 14 heteroatoms. The SMILES string of the molecule is Cc1cc2sc3c(c2s1)C(=C1C(=O)N(C)C(=S)N(C)C1=O)c1cc2c(cc1-3)C(=C1C(=O)N(C)C(=S)N(C)C1=O)c1c-2sc2cc(C)sc12. The van der Waals surface area contributed by atoms with Crippen molar-refractivity contribution in [1.82, 2.24) is 19.6 Å². The quantitative estimate of drug-likeness (QED) is 0.0962. The molecule has 1 aromatic carbocycles. The van der Waals surface area contributed by atoms with E-state index in [1.807, 2.05) is 13.8 Å². The molecule has 4 aliphatic rings. The maximum atomic E-state index is 14.0. The lowest BCUT2D eigenvalue weighted by atomic mass is 9.91. The summed E-state index contributed by atoms with van der Waals surface area (Å²) < 4.78 is 4.18. The molecule has 2 aliphatic carbocycles. The first-order valence-electron chi connectivity index (χ1n) is 14.7. The number of benzene rings is 1. The van der Waals surface area contributed by atoms with Crippen molar-refractivity contribution in [1.29, 1.82) is 0 Å². The van der Waals surface area contributed by atoms with E-state index in [0.717, 1.165) is 71.7 Å². The van der Waals surface area contributed by atoms with Crippen LogP contribution < -0.4 is 0 Å². The highest BCUT2D eigenvalue weighted by Crippen LogP contribution is 2.61. The topological polar surface area (TPSA) is 81.2 Å². The van der Waals surface area contributed by atoms with Gasteiger partial charge in [-0.3, -0.25) is 38.8 Å². The van der Waals surface area contributed by atoms with Gasteiger partial charge in [-0.2, -0.15) is 0 Å². The monoisotopic (exact) mass is 742 g/mol. The highest BCUT2D eigenvalue weighted by molar-refractivity contribution is 7.80. The van der Waals surface area contributed by atoms with Crippen LogP contribution in [0.15, 0.2) is 35.4 Å². The predicted molar refractivity (Wildman–Crippen MR) is 202 cm³/mol. The molecule has 6 heterocycles. The zero-order valence-corrected chi connectivity index (χ0v) is 31.1. The van der Waals surface area contributed by atoms with Crippen LogP contribution in [-0.4, -0.2) is 81.6 Å². The van der Waals surface area contributed by atoms with E-state index in [2.05, 4.69) is 24.3 Å². The molecule has 238 valence electrons. The minimum Gasteiger partial charge on any atom is -0.288 e. The van der Waals surface area contributed by atoms with Crippen LogP contribution in [0.3, 0.4) is 0 Å². The molecule has 5 aromatic rings. The van der Waals surface area contributed by atoms with Gasteiger partial charge in [-0.05, 0) is 73.7 Å². The molecule has 0 bridgehead atoms. The summed E-state index contributed by atoms with van der Waals surface area (Å²) in [5.41, 5.74) is 6.34. The third kappa shape index (κ3) is 3.62. The van der Waals surface area contributed by atoms with Crippen molar-refractivity contribution in [2.75, 3.05) is 28.2 Å². The summed E-state index contributed by atoms with van der Waals surface area (Å²) >= 11 is 17.4. The number of carbonyl (C=O) groups excluding carboxylic acids is 4. The lowest BCUT2D eigenvalue weighted by Crippen LogP contribution is -2.53. The second-order valence-electron chi connectivity index (χ2n) is 12.2. The highest BCUT2D eigenvalue weighted by atomic mass is 32.1. The van der Waals surface area contributed by atoms with Gasteiger partial charge >= 0.3 is 0 Å². The van der Waals surface area contributed by atoms with E-state index < -0.39 is 23.6 Å². The van der Waals surface area contributed by atoms with Crippen LogP contribution in [-0.2, 0) is 19.2 Å². The smallest absolute Gasteiger partial charge is 0.266 e. The van der Waals surface area contributed by atoms with Crippen LogP contribution >= 0.6 is 69.8 Å².